The molecule has 0 saturated heterocycles. The molecule has 0 aliphatic carbocycles. The zero-order valence-corrected chi connectivity index (χ0v) is 11.0. The Morgan fingerprint density at radius 2 is 2.18 bits per heavy atom. The molecule has 0 atom stereocenters. The predicted molar refractivity (Wildman–Crippen MR) is 71.8 cm³/mol. The number of aromatic nitrogens is 1. The minimum atomic E-state index is 0.695. The van der Waals surface area contributed by atoms with E-state index in [-0.39, 0.29) is 0 Å². The van der Waals surface area contributed by atoms with Crippen molar-refractivity contribution in [3.63, 3.8) is 0 Å². The molecule has 0 unspecified atom stereocenters. The number of methoxy groups -OCH3 is 1. The fourth-order valence-electron chi connectivity index (χ4n) is 1.39. The van der Waals surface area contributed by atoms with E-state index < -0.39 is 0 Å². The van der Waals surface area contributed by atoms with Crippen LogP contribution in [0.15, 0.2) is 47.6 Å². The summed E-state index contributed by atoms with van der Waals surface area (Å²) < 4.78 is 5.18. The van der Waals surface area contributed by atoms with E-state index in [0.717, 1.165) is 16.5 Å². The van der Waals surface area contributed by atoms with E-state index in [1.807, 2.05) is 30.3 Å². The maximum atomic E-state index is 6.04. The van der Waals surface area contributed by atoms with E-state index in [1.165, 1.54) is 5.56 Å². The Labute approximate surface area is 110 Å². The highest BCUT2D eigenvalue weighted by molar-refractivity contribution is 7.98. The van der Waals surface area contributed by atoms with Gasteiger partial charge in [0.2, 0.25) is 0 Å². The first-order valence-electron chi connectivity index (χ1n) is 5.16. The lowest BCUT2D eigenvalue weighted by Crippen LogP contribution is -1.86. The SMILES string of the molecule is COc1cccc(CSc2ncccc2Cl)c1. The molecule has 0 fully saturated rings. The molecule has 88 valence electrons. The number of hydrogen-bond acceptors (Lipinski definition) is 3. The third-order valence-corrected chi connectivity index (χ3v) is 3.73. The number of pyridine rings is 1. The van der Waals surface area contributed by atoms with Gasteiger partial charge in [-0.1, -0.05) is 23.7 Å². The molecule has 4 heteroatoms. The zero-order chi connectivity index (χ0) is 12.1. The first kappa shape index (κ1) is 12.3. The molecule has 1 aromatic heterocycles. The summed E-state index contributed by atoms with van der Waals surface area (Å²) >= 11 is 7.66. The molecule has 0 spiro atoms. The number of thioether (sulfide) groups is 1. The second-order valence-electron chi connectivity index (χ2n) is 3.43. The normalized spacial score (nSPS) is 10.2. The molecule has 1 aromatic carbocycles. The first-order valence-corrected chi connectivity index (χ1v) is 6.52. The fraction of sp³-hybridized carbons (Fsp3) is 0.154. The average molecular weight is 266 g/mol. The second kappa shape index (κ2) is 5.94. The zero-order valence-electron chi connectivity index (χ0n) is 9.39. The van der Waals surface area contributed by atoms with E-state index in [9.17, 15) is 0 Å². The second-order valence-corrected chi connectivity index (χ2v) is 4.80. The highest BCUT2D eigenvalue weighted by atomic mass is 35.5. The van der Waals surface area contributed by atoms with Crippen LogP contribution in [-0.2, 0) is 5.75 Å². The van der Waals surface area contributed by atoms with Crippen molar-refractivity contribution in [3.05, 3.63) is 53.2 Å². The number of rotatable bonds is 4. The maximum Gasteiger partial charge on any atom is 0.119 e. The Balaban J connectivity index is 2.05. The quantitative estimate of drug-likeness (QED) is 0.779. The Morgan fingerprint density at radius 1 is 1.29 bits per heavy atom. The minimum absolute atomic E-state index is 0.695. The molecule has 2 rings (SSSR count). The van der Waals surface area contributed by atoms with Crippen molar-refractivity contribution in [2.24, 2.45) is 0 Å². The van der Waals surface area contributed by atoms with Gasteiger partial charge in [-0.15, -0.1) is 11.8 Å². The van der Waals surface area contributed by atoms with Crippen molar-refractivity contribution >= 4 is 23.4 Å². The van der Waals surface area contributed by atoms with E-state index in [0.29, 0.717) is 5.02 Å². The third-order valence-electron chi connectivity index (χ3n) is 2.23. The van der Waals surface area contributed by atoms with Gasteiger partial charge in [-0.05, 0) is 29.8 Å². The highest BCUT2D eigenvalue weighted by Crippen LogP contribution is 2.28. The molecular formula is C13H12ClNOS. The Bertz CT molecular complexity index is 504. The van der Waals surface area contributed by atoms with E-state index in [1.54, 1.807) is 25.1 Å². The molecule has 2 aromatic rings. The van der Waals surface area contributed by atoms with E-state index in [4.69, 9.17) is 16.3 Å². The summed E-state index contributed by atoms with van der Waals surface area (Å²) in [4.78, 5) is 4.24. The largest absolute Gasteiger partial charge is 0.497 e. The molecule has 0 aliphatic heterocycles. The molecule has 17 heavy (non-hydrogen) atoms. The molecule has 0 saturated carbocycles. The average Bonchev–Trinajstić information content (AvgIpc) is 2.38. The van der Waals surface area contributed by atoms with Crippen LogP contribution in [0.5, 0.6) is 5.75 Å². The van der Waals surface area contributed by atoms with Crippen molar-refractivity contribution in [1.29, 1.82) is 0 Å². The van der Waals surface area contributed by atoms with Crippen molar-refractivity contribution < 1.29 is 4.74 Å². The molecule has 0 amide bonds. The summed E-state index contributed by atoms with van der Waals surface area (Å²) in [6.45, 7) is 0. The Morgan fingerprint density at radius 3 is 2.94 bits per heavy atom. The van der Waals surface area contributed by atoms with E-state index >= 15 is 0 Å². The van der Waals surface area contributed by atoms with Gasteiger partial charge in [0.1, 0.15) is 10.8 Å². The number of benzene rings is 1. The monoisotopic (exact) mass is 265 g/mol. The van der Waals surface area contributed by atoms with Crippen LogP contribution < -0.4 is 4.74 Å². The summed E-state index contributed by atoms with van der Waals surface area (Å²) in [7, 11) is 1.67. The van der Waals surface area contributed by atoms with Crippen LogP contribution in [0.25, 0.3) is 0 Å². The predicted octanol–water partition coefficient (Wildman–Crippen LogP) is 4.04. The van der Waals surface area contributed by atoms with Gasteiger partial charge in [0.05, 0.1) is 12.1 Å². The summed E-state index contributed by atoms with van der Waals surface area (Å²) in [6, 6.07) is 11.7. The van der Waals surface area contributed by atoms with Crippen LogP contribution in [0.3, 0.4) is 0 Å². The lowest BCUT2D eigenvalue weighted by molar-refractivity contribution is 0.414. The summed E-state index contributed by atoms with van der Waals surface area (Å²) in [5, 5.41) is 1.55. The van der Waals surface area contributed by atoms with Crippen LogP contribution in [-0.4, -0.2) is 12.1 Å². The molecule has 1 heterocycles. The number of ether oxygens (including phenoxy) is 1. The summed E-state index contributed by atoms with van der Waals surface area (Å²) in [5.74, 6) is 1.70. The molecule has 0 radical (unpaired) electrons. The maximum absolute atomic E-state index is 6.04. The fourth-order valence-corrected chi connectivity index (χ4v) is 2.50. The standard InChI is InChI=1S/C13H12ClNOS/c1-16-11-5-2-4-10(8-11)9-17-13-12(14)6-3-7-15-13/h2-8H,9H2,1H3. The van der Waals surface area contributed by atoms with E-state index in [2.05, 4.69) is 11.1 Å². The van der Waals surface area contributed by atoms with Crippen LogP contribution in [0.1, 0.15) is 5.56 Å². The van der Waals surface area contributed by atoms with Gasteiger partial charge in [0, 0.05) is 11.9 Å². The third kappa shape index (κ3) is 3.38. The van der Waals surface area contributed by atoms with Crippen molar-refractivity contribution in [3.8, 4) is 5.75 Å². The Hall–Kier alpha value is -1.19. The lowest BCUT2D eigenvalue weighted by atomic mass is 10.2. The van der Waals surface area contributed by atoms with Crippen LogP contribution in [0, 0.1) is 0 Å². The van der Waals surface area contributed by atoms with Gasteiger partial charge in [-0.25, -0.2) is 4.98 Å². The van der Waals surface area contributed by atoms with Gasteiger partial charge in [0.15, 0.2) is 0 Å². The number of nitrogens with zero attached hydrogens (tertiary/aromatic N) is 1. The smallest absolute Gasteiger partial charge is 0.119 e. The lowest BCUT2D eigenvalue weighted by Gasteiger charge is -2.05. The Kier molecular flexibility index (Phi) is 4.29. The van der Waals surface area contributed by atoms with Gasteiger partial charge >= 0.3 is 0 Å². The van der Waals surface area contributed by atoms with Crippen LogP contribution >= 0.6 is 23.4 Å². The van der Waals surface area contributed by atoms with Gasteiger partial charge in [-0.2, -0.15) is 0 Å². The summed E-state index contributed by atoms with van der Waals surface area (Å²) in [5.41, 5.74) is 1.19. The molecule has 0 bridgehead atoms. The van der Waals surface area contributed by atoms with Crippen LogP contribution in [0.4, 0.5) is 0 Å². The van der Waals surface area contributed by atoms with Gasteiger partial charge in [-0.3, -0.25) is 0 Å². The molecule has 0 N–H and O–H groups in total. The molecular weight excluding hydrogens is 254 g/mol. The topological polar surface area (TPSA) is 22.1 Å². The van der Waals surface area contributed by atoms with Gasteiger partial charge in [0.25, 0.3) is 0 Å². The molecule has 0 aliphatic rings. The van der Waals surface area contributed by atoms with Crippen molar-refractivity contribution in [2.75, 3.05) is 7.11 Å². The minimum Gasteiger partial charge on any atom is -0.497 e. The summed E-state index contributed by atoms with van der Waals surface area (Å²) in [6.07, 6.45) is 1.75. The first-order chi connectivity index (χ1) is 8.29. The van der Waals surface area contributed by atoms with Crippen molar-refractivity contribution in [1.82, 2.24) is 4.98 Å². The highest BCUT2D eigenvalue weighted by Gasteiger charge is 2.02. The van der Waals surface area contributed by atoms with Crippen molar-refractivity contribution in [2.45, 2.75) is 10.8 Å². The number of halogens is 1. The number of hydrogen-bond donors (Lipinski definition) is 0. The molecule has 2 nitrogen and oxygen atoms in total. The van der Waals surface area contributed by atoms with Crippen LogP contribution in [0.2, 0.25) is 5.02 Å². The van der Waals surface area contributed by atoms with Gasteiger partial charge < -0.3 is 4.74 Å².